The van der Waals surface area contributed by atoms with Crippen molar-refractivity contribution in [3.63, 3.8) is 0 Å². The highest BCUT2D eigenvalue weighted by Gasteiger charge is 1.99. The van der Waals surface area contributed by atoms with Crippen LogP contribution in [0, 0.1) is 0 Å². The molecule has 17 heavy (non-hydrogen) atoms. The molecular formula is C13H12O4. The molecule has 0 N–H and O–H groups in total. The Labute approximate surface area is 99.1 Å². The molecule has 1 rings (SSSR count). The molecule has 0 aliphatic carbocycles. The summed E-state index contributed by atoms with van der Waals surface area (Å²) in [6.45, 7) is 1.15. The van der Waals surface area contributed by atoms with Gasteiger partial charge in [-0.1, -0.05) is 48.6 Å². The van der Waals surface area contributed by atoms with E-state index in [1.807, 2.05) is 36.4 Å². The minimum Gasteiger partial charge on any atom is -0.248 e. The Balaban J connectivity index is 2.37. The normalized spacial score (nSPS) is 10.6. The maximum Gasteiger partial charge on any atom is 0.379 e. The first-order valence-corrected chi connectivity index (χ1v) is 4.97. The van der Waals surface area contributed by atoms with Gasteiger partial charge >= 0.3 is 11.9 Å². The van der Waals surface area contributed by atoms with Crippen molar-refractivity contribution in [2.75, 3.05) is 0 Å². The first-order chi connectivity index (χ1) is 8.18. The molecular weight excluding hydrogens is 220 g/mol. The van der Waals surface area contributed by atoms with Crippen molar-refractivity contribution in [3.8, 4) is 0 Å². The molecule has 0 aliphatic rings. The lowest BCUT2D eigenvalue weighted by molar-refractivity contribution is -0.253. The summed E-state index contributed by atoms with van der Waals surface area (Å²) in [5.74, 6) is -1.41. The van der Waals surface area contributed by atoms with E-state index in [9.17, 15) is 9.59 Å². The molecule has 0 amide bonds. The Morgan fingerprint density at radius 3 is 2.41 bits per heavy atom. The van der Waals surface area contributed by atoms with Crippen LogP contribution in [0.4, 0.5) is 0 Å². The summed E-state index contributed by atoms with van der Waals surface area (Å²) in [6.07, 6.45) is 6.17. The quantitative estimate of drug-likeness (QED) is 0.347. The zero-order chi connectivity index (χ0) is 12.5. The maximum atomic E-state index is 10.9. The summed E-state index contributed by atoms with van der Waals surface area (Å²) in [5.41, 5.74) is 1.02. The first kappa shape index (κ1) is 12.7. The van der Waals surface area contributed by atoms with E-state index in [2.05, 4.69) is 9.78 Å². The van der Waals surface area contributed by atoms with Gasteiger partial charge in [-0.05, 0) is 5.56 Å². The van der Waals surface area contributed by atoms with Gasteiger partial charge < -0.3 is 0 Å². The SMILES string of the molecule is CC(=O)OOC(=O)/C=C/C=C/c1ccccc1. The summed E-state index contributed by atoms with van der Waals surface area (Å²) >= 11 is 0. The van der Waals surface area contributed by atoms with Gasteiger partial charge in [-0.2, -0.15) is 0 Å². The van der Waals surface area contributed by atoms with Crippen LogP contribution in [0.5, 0.6) is 0 Å². The molecule has 0 aliphatic heterocycles. The van der Waals surface area contributed by atoms with Gasteiger partial charge in [-0.25, -0.2) is 19.4 Å². The van der Waals surface area contributed by atoms with Crippen LogP contribution in [0.2, 0.25) is 0 Å². The van der Waals surface area contributed by atoms with Crippen molar-refractivity contribution in [1.29, 1.82) is 0 Å². The monoisotopic (exact) mass is 232 g/mol. The van der Waals surface area contributed by atoms with Crippen molar-refractivity contribution >= 4 is 18.0 Å². The molecule has 0 saturated carbocycles. The molecule has 0 fully saturated rings. The highest BCUT2D eigenvalue weighted by molar-refractivity contribution is 5.82. The molecule has 1 aromatic rings. The van der Waals surface area contributed by atoms with E-state index in [1.165, 1.54) is 6.08 Å². The zero-order valence-electron chi connectivity index (χ0n) is 9.33. The second kappa shape index (κ2) is 7.00. The molecule has 0 spiro atoms. The lowest BCUT2D eigenvalue weighted by Crippen LogP contribution is -2.05. The molecule has 4 nitrogen and oxygen atoms in total. The van der Waals surface area contributed by atoms with Crippen molar-refractivity contribution < 1.29 is 19.4 Å². The number of hydrogen-bond donors (Lipinski definition) is 0. The lowest BCUT2D eigenvalue weighted by atomic mass is 10.2. The Morgan fingerprint density at radius 2 is 1.76 bits per heavy atom. The minimum atomic E-state index is -0.738. The van der Waals surface area contributed by atoms with Crippen LogP contribution in [0.25, 0.3) is 6.08 Å². The molecule has 0 bridgehead atoms. The van der Waals surface area contributed by atoms with Crippen LogP contribution in [0.3, 0.4) is 0 Å². The fourth-order valence-electron chi connectivity index (χ4n) is 0.992. The van der Waals surface area contributed by atoms with Crippen LogP contribution < -0.4 is 0 Å². The predicted molar refractivity (Wildman–Crippen MR) is 62.5 cm³/mol. The predicted octanol–water partition coefficient (Wildman–Crippen LogP) is 2.28. The number of rotatable bonds is 3. The third-order valence-electron chi connectivity index (χ3n) is 1.67. The smallest absolute Gasteiger partial charge is 0.248 e. The van der Waals surface area contributed by atoms with Crippen LogP contribution >= 0.6 is 0 Å². The molecule has 0 unspecified atom stereocenters. The van der Waals surface area contributed by atoms with Gasteiger partial charge in [0.25, 0.3) is 0 Å². The average Bonchev–Trinajstić information content (AvgIpc) is 2.33. The van der Waals surface area contributed by atoms with Gasteiger partial charge in [0.2, 0.25) is 0 Å². The molecule has 0 aromatic heterocycles. The minimum absolute atomic E-state index is 0.674. The Morgan fingerprint density at radius 1 is 1.06 bits per heavy atom. The van der Waals surface area contributed by atoms with E-state index in [1.54, 1.807) is 6.08 Å². The summed E-state index contributed by atoms with van der Waals surface area (Å²) in [7, 11) is 0. The number of hydrogen-bond acceptors (Lipinski definition) is 4. The summed E-state index contributed by atoms with van der Waals surface area (Å²) in [6, 6.07) is 9.61. The van der Waals surface area contributed by atoms with Gasteiger partial charge in [-0.15, -0.1) is 0 Å². The molecule has 0 atom stereocenters. The highest BCUT2D eigenvalue weighted by atomic mass is 17.2. The number of allylic oxidation sites excluding steroid dienone is 2. The third kappa shape index (κ3) is 5.94. The summed E-state index contributed by atoms with van der Waals surface area (Å²) in [5, 5.41) is 0. The highest BCUT2D eigenvalue weighted by Crippen LogP contribution is 2.00. The van der Waals surface area contributed by atoms with Crippen LogP contribution in [0.15, 0.2) is 48.6 Å². The van der Waals surface area contributed by atoms with E-state index in [-0.39, 0.29) is 0 Å². The molecule has 0 heterocycles. The van der Waals surface area contributed by atoms with Crippen LogP contribution in [-0.4, -0.2) is 11.9 Å². The van der Waals surface area contributed by atoms with Gasteiger partial charge in [-0.3, -0.25) is 0 Å². The van der Waals surface area contributed by atoms with Gasteiger partial charge in [0, 0.05) is 13.0 Å². The third-order valence-corrected chi connectivity index (χ3v) is 1.67. The number of benzene rings is 1. The molecule has 88 valence electrons. The summed E-state index contributed by atoms with van der Waals surface area (Å²) in [4.78, 5) is 29.5. The fraction of sp³-hybridized carbons (Fsp3) is 0.0769. The van der Waals surface area contributed by atoms with E-state index in [0.29, 0.717) is 0 Å². The number of carbonyl (C=O) groups excluding carboxylic acids is 2. The largest absolute Gasteiger partial charge is 0.379 e. The average molecular weight is 232 g/mol. The van der Waals surface area contributed by atoms with Crippen LogP contribution in [-0.2, 0) is 19.4 Å². The van der Waals surface area contributed by atoms with E-state index in [0.717, 1.165) is 18.6 Å². The summed E-state index contributed by atoms with van der Waals surface area (Å²) < 4.78 is 0. The molecule has 4 heteroatoms. The fourth-order valence-corrected chi connectivity index (χ4v) is 0.992. The molecule has 0 saturated heterocycles. The molecule has 1 aromatic carbocycles. The lowest BCUT2D eigenvalue weighted by Gasteiger charge is -1.94. The van der Waals surface area contributed by atoms with Crippen molar-refractivity contribution in [2.24, 2.45) is 0 Å². The Hall–Kier alpha value is -2.36. The van der Waals surface area contributed by atoms with E-state index >= 15 is 0 Å². The second-order valence-corrected chi connectivity index (χ2v) is 3.11. The standard InChI is InChI=1S/C13H12O4/c1-11(14)16-17-13(15)10-6-5-9-12-7-3-2-4-8-12/h2-10H,1H3/b9-5+,10-6+. The Bertz CT molecular complexity index is 432. The maximum absolute atomic E-state index is 10.9. The van der Waals surface area contributed by atoms with Gasteiger partial charge in [0.1, 0.15) is 0 Å². The zero-order valence-corrected chi connectivity index (χ0v) is 9.33. The molecule has 0 radical (unpaired) electrons. The van der Waals surface area contributed by atoms with Crippen LogP contribution in [0.1, 0.15) is 12.5 Å². The van der Waals surface area contributed by atoms with Crippen molar-refractivity contribution in [3.05, 3.63) is 54.1 Å². The first-order valence-electron chi connectivity index (χ1n) is 4.97. The van der Waals surface area contributed by atoms with Crippen molar-refractivity contribution in [2.45, 2.75) is 6.92 Å². The second-order valence-electron chi connectivity index (χ2n) is 3.11. The topological polar surface area (TPSA) is 52.6 Å². The number of carbonyl (C=O) groups is 2. The van der Waals surface area contributed by atoms with Crippen molar-refractivity contribution in [1.82, 2.24) is 0 Å². The van der Waals surface area contributed by atoms with Gasteiger partial charge in [0.05, 0.1) is 0 Å². The van der Waals surface area contributed by atoms with E-state index in [4.69, 9.17) is 0 Å². The Kier molecular flexibility index (Phi) is 5.24. The van der Waals surface area contributed by atoms with Gasteiger partial charge in [0.15, 0.2) is 0 Å². The van der Waals surface area contributed by atoms with E-state index < -0.39 is 11.9 Å².